The van der Waals surface area contributed by atoms with Crippen molar-refractivity contribution in [2.45, 2.75) is 13.1 Å². The van der Waals surface area contributed by atoms with Crippen LogP contribution in [0.3, 0.4) is 0 Å². The predicted octanol–water partition coefficient (Wildman–Crippen LogP) is 3.65. The van der Waals surface area contributed by atoms with E-state index in [-0.39, 0.29) is 0 Å². The topological polar surface area (TPSA) is 38.9 Å². The first-order valence-electron chi connectivity index (χ1n) is 5.66. The summed E-state index contributed by atoms with van der Waals surface area (Å²) in [6.07, 6.45) is -4.40. The lowest BCUT2D eigenvalue weighted by atomic mass is 10.1. The Morgan fingerprint density at radius 3 is 2.21 bits per heavy atom. The van der Waals surface area contributed by atoms with Crippen LogP contribution in [0, 0.1) is 6.92 Å². The van der Waals surface area contributed by atoms with Crippen molar-refractivity contribution >= 4 is 0 Å². The molecule has 0 radical (unpaired) electrons. The Morgan fingerprint density at radius 2 is 1.63 bits per heavy atom. The number of halogens is 3. The van der Waals surface area contributed by atoms with E-state index in [4.69, 9.17) is 0 Å². The van der Waals surface area contributed by atoms with Crippen LogP contribution in [0.5, 0.6) is 0 Å². The van der Waals surface area contributed by atoms with E-state index in [1.54, 1.807) is 18.2 Å². The van der Waals surface area contributed by atoms with Crippen LogP contribution in [0.25, 0.3) is 11.3 Å². The molecular weight excluding hydrogens is 253 g/mol. The summed E-state index contributed by atoms with van der Waals surface area (Å²) < 4.78 is 37.5. The van der Waals surface area contributed by atoms with Gasteiger partial charge in [0, 0.05) is 5.56 Å². The number of nitrogens with zero attached hydrogens (tertiary/aromatic N) is 1. The Labute approximate surface area is 110 Å². The molecule has 2 rings (SSSR count). The van der Waals surface area contributed by atoms with Crippen molar-refractivity contribution in [3.05, 3.63) is 53.7 Å². The number of rotatable bonds is 1. The summed E-state index contributed by atoms with van der Waals surface area (Å²) >= 11 is 0. The van der Waals surface area contributed by atoms with Gasteiger partial charge in [-0.25, -0.2) is 4.98 Å². The molecule has 0 saturated heterocycles. The molecule has 1 aromatic carbocycles. The molecule has 0 aliphatic heterocycles. The molecule has 5 heteroatoms. The third-order valence-electron chi connectivity index (χ3n) is 2.35. The maximum Gasteiger partial charge on any atom is 0.433 e. The molecule has 0 aliphatic carbocycles. The van der Waals surface area contributed by atoms with E-state index in [9.17, 15) is 13.2 Å². The van der Waals surface area contributed by atoms with E-state index in [1.165, 1.54) is 13.1 Å². The van der Waals surface area contributed by atoms with Gasteiger partial charge in [0.25, 0.3) is 0 Å². The van der Waals surface area contributed by atoms with Gasteiger partial charge in [-0.1, -0.05) is 29.8 Å². The summed E-state index contributed by atoms with van der Waals surface area (Å²) in [7, 11) is 1.50. The third-order valence-corrected chi connectivity index (χ3v) is 2.35. The quantitative estimate of drug-likeness (QED) is 0.857. The second-order valence-corrected chi connectivity index (χ2v) is 3.78. The highest BCUT2D eigenvalue weighted by atomic mass is 19.4. The molecule has 102 valence electrons. The van der Waals surface area contributed by atoms with Crippen LogP contribution in [-0.2, 0) is 6.18 Å². The highest BCUT2D eigenvalue weighted by molar-refractivity contribution is 5.60. The van der Waals surface area contributed by atoms with Crippen LogP contribution in [0.2, 0.25) is 0 Å². The van der Waals surface area contributed by atoms with Crippen molar-refractivity contribution < 1.29 is 13.2 Å². The second kappa shape index (κ2) is 6.33. The van der Waals surface area contributed by atoms with E-state index in [0.29, 0.717) is 11.3 Å². The van der Waals surface area contributed by atoms with Crippen LogP contribution in [-0.4, -0.2) is 12.0 Å². The number of aryl methyl sites for hydroxylation is 1. The highest BCUT2D eigenvalue weighted by Gasteiger charge is 2.32. The fraction of sp³-hybridized carbons (Fsp3) is 0.214. The van der Waals surface area contributed by atoms with Gasteiger partial charge in [-0.3, -0.25) is 0 Å². The largest absolute Gasteiger partial charge is 0.433 e. The fourth-order valence-corrected chi connectivity index (χ4v) is 1.56. The molecule has 1 aromatic heterocycles. The van der Waals surface area contributed by atoms with E-state index in [1.807, 2.05) is 19.1 Å². The van der Waals surface area contributed by atoms with Crippen molar-refractivity contribution in [3.63, 3.8) is 0 Å². The Bertz CT molecular complexity index is 536. The van der Waals surface area contributed by atoms with Gasteiger partial charge < -0.3 is 5.73 Å². The number of alkyl halides is 3. The first-order chi connectivity index (χ1) is 8.97. The maximum atomic E-state index is 12.5. The van der Waals surface area contributed by atoms with Gasteiger partial charge in [-0.15, -0.1) is 0 Å². The zero-order valence-corrected chi connectivity index (χ0v) is 10.7. The van der Waals surface area contributed by atoms with Gasteiger partial charge in [-0.2, -0.15) is 13.2 Å². The summed E-state index contributed by atoms with van der Waals surface area (Å²) in [5, 5.41) is 0. The average molecular weight is 268 g/mol. The zero-order valence-electron chi connectivity index (χ0n) is 10.7. The lowest BCUT2D eigenvalue weighted by Crippen LogP contribution is -2.07. The van der Waals surface area contributed by atoms with E-state index < -0.39 is 11.9 Å². The first-order valence-corrected chi connectivity index (χ1v) is 5.66. The molecule has 0 saturated carbocycles. The number of pyridine rings is 1. The number of hydrogen-bond donors (Lipinski definition) is 1. The van der Waals surface area contributed by atoms with E-state index >= 15 is 0 Å². The standard InChI is InChI=1S/C13H10F3N.CH5N/c1-9-4-2-5-10(8-9)11-6-3-7-12(17-11)13(14,15)16;1-2/h2-8H,1H3;2H2,1H3. The third kappa shape index (κ3) is 4.06. The van der Waals surface area contributed by atoms with Gasteiger partial charge >= 0.3 is 6.18 Å². The van der Waals surface area contributed by atoms with Crippen molar-refractivity contribution in [3.8, 4) is 11.3 Å². The molecule has 2 N–H and O–H groups in total. The lowest BCUT2D eigenvalue weighted by molar-refractivity contribution is -0.141. The molecule has 0 unspecified atom stereocenters. The summed E-state index contributed by atoms with van der Waals surface area (Å²) in [6.45, 7) is 1.89. The van der Waals surface area contributed by atoms with Crippen LogP contribution < -0.4 is 5.73 Å². The minimum atomic E-state index is -4.40. The smallest absolute Gasteiger partial charge is 0.333 e. The van der Waals surface area contributed by atoms with Gasteiger partial charge in [-0.05, 0) is 32.2 Å². The average Bonchev–Trinajstić information content (AvgIpc) is 2.40. The first kappa shape index (κ1) is 15.2. The molecule has 0 bridgehead atoms. The predicted molar refractivity (Wildman–Crippen MR) is 69.5 cm³/mol. The summed E-state index contributed by atoms with van der Waals surface area (Å²) in [5.74, 6) is 0. The molecule has 0 amide bonds. The minimum absolute atomic E-state index is 0.337. The van der Waals surface area contributed by atoms with Crippen LogP contribution in [0.1, 0.15) is 11.3 Å². The van der Waals surface area contributed by atoms with E-state index in [2.05, 4.69) is 10.7 Å². The molecule has 2 aromatic rings. The van der Waals surface area contributed by atoms with Gasteiger partial charge in [0.1, 0.15) is 5.69 Å². The van der Waals surface area contributed by atoms with Crippen LogP contribution in [0.15, 0.2) is 42.5 Å². The van der Waals surface area contributed by atoms with Gasteiger partial charge in [0.05, 0.1) is 5.69 Å². The Kier molecular flexibility index (Phi) is 5.06. The molecule has 0 spiro atoms. The Hall–Kier alpha value is -1.88. The Morgan fingerprint density at radius 1 is 1.00 bits per heavy atom. The fourth-order valence-electron chi connectivity index (χ4n) is 1.56. The lowest BCUT2D eigenvalue weighted by Gasteiger charge is -2.08. The monoisotopic (exact) mass is 268 g/mol. The summed E-state index contributed by atoms with van der Waals surface area (Å²) in [4.78, 5) is 3.63. The second-order valence-electron chi connectivity index (χ2n) is 3.78. The van der Waals surface area contributed by atoms with Gasteiger partial charge in [0.15, 0.2) is 0 Å². The molecule has 19 heavy (non-hydrogen) atoms. The normalized spacial score (nSPS) is 10.6. The van der Waals surface area contributed by atoms with E-state index in [0.717, 1.165) is 11.6 Å². The number of aromatic nitrogens is 1. The molecular formula is C14H15F3N2. The molecule has 0 fully saturated rings. The summed E-state index contributed by atoms with van der Waals surface area (Å²) in [6, 6.07) is 11.2. The molecule has 0 atom stereocenters. The van der Waals surface area contributed by atoms with Crippen molar-refractivity contribution in [2.75, 3.05) is 7.05 Å². The molecule has 1 heterocycles. The number of benzene rings is 1. The van der Waals surface area contributed by atoms with Gasteiger partial charge in [0.2, 0.25) is 0 Å². The SMILES string of the molecule is CN.Cc1cccc(-c2cccc(C(F)(F)F)n2)c1. The number of nitrogens with two attached hydrogens (primary N) is 1. The molecule has 0 aliphatic rings. The summed E-state index contributed by atoms with van der Waals surface area (Å²) in [5.41, 5.74) is 5.65. The zero-order chi connectivity index (χ0) is 14.5. The van der Waals surface area contributed by atoms with Crippen LogP contribution in [0.4, 0.5) is 13.2 Å². The Balaban J connectivity index is 0.000000861. The minimum Gasteiger partial charge on any atom is -0.333 e. The number of hydrogen-bond acceptors (Lipinski definition) is 2. The van der Waals surface area contributed by atoms with Crippen molar-refractivity contribution in [1.82, 2.24) is 4.98 Å². The van der Waals surface area contributed by atoms with Crippen LogP contribution >= 0.6 is 0 Å². The maximum absolute atomic E-state index is 12.5. The van der Waals surface area contributed by atoms with Crippen molar-refractivity contribution in [1.29, 1.82) is 0 Å². The molecule has 2 nitrogen and oxygen atoms in total. The van der Waals surface area contributed by atoms with Crippen molar-refractivity contribution in [2.24, 2.45) is 5.73 Å². The highest BCUT2D eigenvalue weighted by Crippen LogP contribution is 2.29.